The van der Waals surface area contributed by atoms with Crippen molar-refractivity contribution in [3.63, 3.8) is 0 Å². The summed E-state index contributed by atoms with van der Waals surface area (Å²) in [5.41, 5.74) is 0. The summed E-state index contributed by atoms with van der Waals surface area (Å²) < 4.78 is 16.6. The fourth-order valence-electron chi connectivity index (χ4n) is 8.83. The summed E-state index contributed by atoms with van der Waals surface area (Å²) in [5.74, 6) is -0.228. The summed E-state index contributed by atoms with van der Waals surface area (Å²) in [6.45, 7) is 4.22. The molecule has 0 aromatic heterocycles. The molecule has 0 bridgehead atoms. The van der Waals surface area contributed by atoms with E-state index in [1.165, 1.54) is 135 Å². The van der Waals surface area contributed by atoms with Gasteiger partial charge in [0.05, 0.1) is 32.0 Å². The van der Waals surface area contributed by atoms with Crippen LogP contribution in [0.15, 0.2) is 60.8 Å². The number of carbonyl (C=O) groups is 2. The maximum atomic E-state index is 13.0. The lowest BCUT2D eigenvalue weighted by atomic mass is 9.99. The maximum Gasteiger partial charge on any atom is 0.305 e. The molecule has 1 amide bonds. The van der Waals surface area contributed by atoms with E-state index in [9.17, 15) is 35.1 Å². The van der Waals surface area contributed by atoms with Gasteiger partial charge in [0, 0.05) is 12.8 Å². The van der Waals surface area contributed by atoms with E-state index in [-0.39, 0.29) is 18.5 Å². The summed E-state index contributed by atoms with van der Waals surface area (Å²) >= 11 is 0. The number of aliphatic hydroxyl groups excluding tert-OH is 5. The van der Waals surface area contributed by atoms with Gasteiger partial charge in [-0.1, -0.05) is 197 Å². The Morgan fingerprint density at radius 1 is 0.514 bits per heavy atom. The monoisotopic (exact) mass is 1020 g/mol. The van der Waals surface area contributed by atoms with Crippen LogP contribution in [0.5, 0.6) is 0 Å². The van der Waals surface area contributed by atoms with E-state index in [2.05, 4.69) is 67.8 Å². The number of esters is 1. The predicted octanol–water partition coefficient (Wildman–Crippen LogP) is 13.4. The lowest BCUT2D eigenvalue weighted by molar-refractivity contribution is -0.302. The van der Waals surface area contributed by atoms with Crippen molar-refractivity contribution >= 4 is 11.9 Å². The third kappa shape index (κ3) is 39.8. The summed E-state index contributed by atoms with van der Waals surface area (Å²) in [6, 6.07) is -0.834. The summed E-state index contributed by atoms with van der Waals surface area (Å²) in [5, 5.41) is 54.1. The van der Waals surface area contributed by atoms with Gasteiger partial charge in [-0.2, -0.15) is 0 Å². The van der Waals surface area contributed by atoms with Crippen LogP contribution in [0, 0.1) is 0 Å². The number of unbranched alkanes of at least 4 members (excludes halogenated alkanes) is 28. The molecule has 1 aliphatic rings. The average Bonchev–Trinajstić information content (AvgIpc) is 3.38. The number of hydrogen-bond acceptors (Lipinski definition) is 10. The first-order valence-corrected chi connectivity index (χ1v) is 29.6. The maximum absolute atomic E-state index is 13.0. The van der Waals surface area contributed by atoms with Gasteiger partial charge in [-0.05, 0) is 103 Å². The van der Waals surface area contributed by atoms with Crippen LogP contribution >= 0.6 is 0 Å². The van der Waals surface area contributed by atoms with Crippen LogP contribution in [0.25, 0.3) is 0 Å². The van der Waals surface area contributed by atoms with Crippen LogP contribution < -0.4 is 5.32 Å². The number of amides is 1. The molecule has 0 aromatic rings. The molecule has 0 radical (unpaired) electrons. The second kappa shape index (κ2) is 50.5. The Morgan fingerprint density at radius 2 is 0.944 bits per heavy atom. The Hall–Kier alpha value is -2.64. The minimum atomic E-state index is -1.58. The highest BCUT2D eigenvalue weighted by Gasteiger charge is 2.44. The van der Waals surface area contributed by atoms with Gasteiger partial charge in [-0.3, -0.25) is 9.59 Å². The average molecular weight is 1020 g/mol. The minimum absolute atomic E-state index is 0.0233. The molecule has 0 aliphatic carbocycles. The van der Waals surface area contributed by atoms with E-state index in [1.54, 1.807) is 6.08 Å². The zero-order chi connectivity index (χ0) is 52.4. The van der Waals surface area contributed by atoms with Crippen molar-refractivity contribution < 1.29 is 49.3 Å². The number of hydrogen-bond donors (Lipinski definition) is 6. The second-order valence-corrected chi connectivity index (χ2v) is 20.3. The highest BCUT2D eigenvalue weighted by molar-refractivity contribution is 5.76. The molecular formula is C61H109NO10. The fourth-order valence-corrected chi connectivity index (χ4v) is 8.83. The zero-order valence-corrected chi connectivity index (χ0v) is 45.9. The summed E-state index contributed by atoms with van der Waals surface area (Å²) in [4.78, 5) is 25.0. The molecule has 11 nitrogen and oxygen atoms in total. The van der Waals surface area contributed by atoms with E-state index in [1.807, 2.05) is 6.08 Å². The van der Waals surface area contributed by atoms with Gasteiger partial charge in [0.15, 0.2) is 6.29 Å². The molecule has 1 fully saturated rings. The van der Waals surface area contributed by atoms with Crippen LogP contribution in [-0.4, -0.2) is 100 Å². The van der Waals surface area contributed by atoms with Crippen molar-refractivity contribution in [1.29, 1.82) is 0 Å². The van der Waals surface area contributed by atoms with Gasteiger partial charge < -0.3 is 45.1 Å². The minimum Gasteiger partial charge on any atom is -0.466 e. The van der Waals surface area contributed by atoms with Crippen molar-refractivity contribution in [3.05, 3.63) is 60.8 Å². The normalized spacial score (nSPS) is 19.5. The summed E-state index contributed by atoms with van der Waals surface area (Å²) in [7, 11) is 0. The topological polar surface area (TPSA) is 175 Å². The molecule has 1 heterocycles. The summed E-state index contributed by atoms with van der Waals surface area (Å²) in [6.07, 6.45) is 54.7. The third-order valence-corrected chi connectivity index (χ3v) is 13.6. The van der Waals surface area contributed by atoms with E-state index in [0.717, 1.165) is 89.9 Å². The Balaban J connectivity index is 2.03. The first-order valence-electron chi connectivity index (χ1n) is 29.6. The van der Waals surface area contributed by atoms with Gasteiger partial charge in [0.1, 0.15) is 24.4 Å². The fraction of sp³-hybridized carbons (Fsp3) is 0.803. The number of aliphatic hydroxyl groups is 5. The molecule has 11 heteroatoms. The molecule has 1 saturated heterocycles. The molecule has 1 aliphatic heterocycles. The number of rotatable bonds is 50. The number of ether oxygens (including phenoxy) is 3. The van der Waals surface area contributed by atoms with Crippen LogP contribution in [0.2, 0.25) is 0 Å². The largest absolute Gasteiger partial charge is 0.466 e. The van der Waals surface area contributed by atoms with Gasteiger partial charge in [0.25, 0.3) is 0 Å². The quantitative estimate of drug-likeness (QED) is 0.0195. The molecule has 7 atom stereocenters. The first-order chi connectivity index (χ1) is 35.2. The molecule has 6 N–H and O–H groups in total. The van der Waals surface area contributed by atoms with Crippen LogP contribution in [0.1, 0.15) is 251 Å². The van der Waals surface area contributed by atoms with Crippen LogP contribution in [0.3, 0.4) is 0 Å². The van der Waals surface area contributed by atoms with Crippen molar-refractivity contribution in [2.75, 3.05) is 19.8 Å². The highest BCUT2D eigenvalue weighted by Crippen LogP contribution is 2.23. The van der Waals surface area contributed by atoms with E-state index < -0.39 is 49.5 Å². The lowest BCUT2D eigenvalue weighted by Gasteiger charge is -2.40. The highest BCUT2D eigenvalue weighted by atomic mass is 16.7. The van der Waals surface area contributed by atoms with E-state index in [0.29, 0.717) is 19.4 Å². The standard InChI is InChI=1S/C61H109NO10/c1-3-5-7-9-11-13-14-15-22-26-29-33-37-41-45-49-57(66)70-50-46-42-38-34-30-27-24-21-19-17-16-18-20-23-25-28-32-36-40-44-48-56(65)62-53(54(64)47-43-39-35-31-12-10-8-6-4-2)52-71-61-60(69)59(68)58(67)55(51-63)72-61/h11-13,15-16,18,22,31,43,47,53-55,58-61,63-64,67-69H,3-10,14,17,19-21,23-30,32-42,44-46,48-52H2,1-2H3,(H,62,65)/b13-11-,18-16-,22-15-,31-12+,47-43+. The lowest BCUT2D eigenvalue weighted by Crippen LogP contribution is -2.60. The van der Waals surface area contributed by atoms with Crippen molar-refractivity contribution in [2.24, 2.45) is 0 Å². The zero-order valence-electron chi connectivity index (χ0n) is 45.9. The molecule has 7 unspecified atom stereocenters. The van der Waals surface area contributed by atoms with Gasteiger partial charge >= 0.3 is 5.97 Å². The molecule has 0 spiro atoms. The van der Waals surface area contributed by atoms with Crippen LogP contribution in [-0.2, 0) is 23.8 Å². The van der Waals surface area contributed by atoms with Crippen LogP contribution in [0.4, 0.5) is 0 Å². The second-order valence-electron chi connectivity index (χ2n) is 20.3. The Kier molecular flexibility index (Phi) is 47.3. The number of carbonyl (C=O) groups excluding carboxylic acids is 2. The van der Waals surface area contributed by atoms with Gasteiger partial charge in [0.2, 0.25) is 5.91 Å². The molecule has 72 heavy (non-hydrogen) atoms. The van der Waals surface area contributed by atoms with E-state index in [4.69, 9.17) is 14.2 Å². The molecule has 418 valence electrons. The van der Waals surface area contributed by atoms with Crippen molar-refractivity contribution in [1.82, 2.24) is 5.32 Å². The van der Waals surface area contributed by atoms with E-state index >= 15 is 0 Å². The first kappa shape index (κ1) is 67.4. The molecule has 1 rings (SSSR count). The number of nitrogens with one attached hydrogen (secondary N) is 1. The van der Waals surface area contributed by atoms with Gasteiger partial charge in [-0.25, -0.2) is 0 Å². The Morgan fingerprint density at radius 3 is 1.46 bits per heavy atom. The number of allylic oxidation sites excluding steroid dienone is 9. The van der Waals surface area contributed by atoms with Gasteiger partial charge in [-0.15, -0.1) is 0 Å². The van der Waals surface area contributed by atoms with Crippen molar-refractivity contribution in [2.45, 2.75) is 294 Å². The predicted molar refractivity (Wildman–Crippen MR) is 296 cm³/mol. The molecule has 0 aromatic carbocycles. The third-order valence-electron chi connectivity index (χ3n) is 13.6. The Labute approximate surface area is 439 Å². The van der Waals surface area contributed by atoms with Crippen molar-refractivity contribution in [3.8, 4) is 0 Å². The SMILES string of the molecule is CCCCC/C=C\C/C=C\CCCCCCCC(=O)OCCCCCCCCCCC/C=C\CCCCCCCCCC(=O)NC(COC1OC(CO)C(O)C(O)C1O)C(O)/C=C/CC/C=C/CCCCC. The Bertz CT molecular complexity index is 1380. The smallest absolute Gasteiger partial charge is 0.305 e. The molecular weight excluding hydrogens is 907 g/mol. The molecule has 0 saturated carbocycles.